The van der Waals surface area contributed by atoms with Crippen LogP contribution < -0.4 is 104 Å². The lowest BCUT2D eigenvalue weighted by Crippen LogP contribution is -2.61. The van der Waals surface area contributed by atoms with E-state index in [2.05, 4.69) is 90.7 Å². The number of aliphatic imine (C=N–C) groups is 1. The number of nitrogens with one attached hydrogen (secondary N) is 14. The lowest BCUT2D eigenvalue weighted by molar-refractivity contribution is -0.136. The third-order valence-corrected chi connectivity index (χ3v) is 23.0. The number of imidazole rings is 1. The summed E-state index contributed by atoms with van der Waals surface area (Å²) in [5.41, 5.74) is 43.3. The van der Waals surface area contributed by atoms with E-state index in [1.165, 1.54) is 38.2 Å². The van der Waals surface area contributed by atoms with Gasteiger partial charge in [-0.2, -0.15) is 0 Å². The van der Waals surface area contributed by atoms with Gasteiger partial charge in [0.1, 0.15) is 72.5 Å². The predicted octanol–water partition coefficient (Wildman–Crippen LogP) is 3.90. The zero-order valence-corrected chi connectivity index (χ0v) is 77.4. The number of nitrogens with two attached hydrogens (primary N) is 7. The van der Waals surface area contributed by atoms with Gasteiger partial charge in [-0.05, 0) is 176 Å². The quantitative estimate of drug-likeness (QED) is 0.0169. The first-order valence-electron chi connectivity index (χ1n) is 46.7. The number of rotatable bonds is 68. The van der Waals surface area contributed by atoms with Crippen molar-refractivity contribution in [1.29, 1.82) is 0 Å². The molecule has 2 heterocycles. The van der Waals surface area contributed by atoms with Crippen LogP contribution in [0.1, 0.15) is 259 Å². The lowest BCUT2D eigenvalue weighted by atomic mass is 9.94. The van der Waals surface area contributed by atoms with E-state index in [0.717, 1.165) is 36.6 Å². The number of benzene rings is 2. The molecule has 716 valence electrons. The minimum atomic E-state index is -1.51. The number of guanidine groups is 1. The van der Waals surface area contributed by atoms with Crippen molar-refractivity contribution in [3.63, 3.8) is 0 Å². The van der Waals surface area contributed by atoms with Crippen LogP contribution in [0.5, 0.6) is 0 Å². The van der Waals surface area contributed by atoms with Gasteiger partial charge in [0, 0.05) is 61.2 Å². The first-order valence-corrected chi connectivity index (χ1v) is 46.7. The highest BCUT2D eigenvalue weighted by molar-refractivity contribution is 6.00. The summed E-state index contributed by atoms with van der Waals surface area (Å²) in [6.07, 6.45) is 18.6. The normalized spacial score (nSPS) is 14.7. The van der Waals surface area contributed by atoms with E-state index in [1.807, 2.05) is 65.8 Å². The standard InChI is InChI=1S/C92H155N23O13/c1-10-13-14-15-16-17-18-19-23-44-77(116)104-67(39-26-30-45-93)81(118)109-73(51-59(6)7)87(124)111-74(52-62-35-21-20-22-36-62)88(125)107-68(40-27-31-46-94)82(119)105-71(43-34-49-101-92(98)99)84(121)113-76(54-64-56-100-57-103-64)90(127)110-72(50-58(4)5)86(123)106-69(41-28-32-47-95)83(120)112-75(53-63-55-102-66-38-25-24-37-65(63)66)89(126)108-70(42-29-33-48-96)85(122)115-79(61(9)12-3)91(128)114-78(80(97)117)60(8)11-2/h20-22,24-25,35-38,55-61,67-76,78-79,102H,10-19,23,26-34,39-54,93-96H2,1-9H3,(H2,97,117)(H,100,103)(H,104,116)(H,105,119)(H,106,123)(H,107,125)(H,108,126)(H,109,118)(H,110,127)(H,111,124)(H,112,120)(H,113,121)(H,114,128)(H,115,122)(H4,98,99,101)/t60-,61-,67-,68-,69-,70-,71-,72-,73-,74-,75-,76-,78-,79-/m0/s1. The molecule has 0 aliphatic heterocycles. The number of H-pyrrole nitrogens is 2. The molecule has 0 aliphatic rings. The number of carbonyl (C=O) groups excluding carboxylic acids is 13. The van der Waals surface area contributed by atoms with Gasteiger partial charge < -0.3 is 114 Å². The number of hydrogen-bond donors (Lipinski definition) is 21. The van der Waals surface area contributed by atoms with Gasteiger partial charge in [0.15, 0.2) is 5.96 Å². The van der Waals surface area contributed by atoms with Crippen LogP contribution in [-0.2, 0) is 81.6 Å². The molecule has 0 aliphatic carbocycles. The van der Waals surface area contributed by atoms with Crippen LogP contribution in [0, 0.1) is 23.7 Å². The Kier molecular flexibility index (Phi) is 53.0. The Bertz CT molecular complexity index is 4030. The van der Waals surface area contributed by atoms with Crippen molar-refractivity contribution < 1.29 is 62.3 Å². The summed E-state index contributed by atoms with van der Waals surface area (Å²) in [5, 5.41) is 34.9. The molecule has 36 heteroatoms. The smallest absolute Gasteiger partial charge is 0.243 e. The molecule has 0 spiro atoms. The molecule has 28 N–H and O–H groups in total. The van der Waals surface area contributed by atoms with Crippen LogP contribution in [0.2, 0.25) is 0 Å². The monoisotopic (exact) mass is 1790 g/mol. The van der Waals surface area contributed by atoms with Gasteiger partial charge in [0.05, 0.1) is 6.33 Å². The minimum absolute atomic E-state index is 0.00632. The summed E-state index contributed by atoms with van der Waals surface area (Å²) in [7, 11) is 0. The summed E-state index contributed by atoms with van der Waals surface area (Å²) >= 11 is 0. The molecular formula is C92H155N23O13. The molecule has 4 rings (SSSR count). The summed E-state index contributed by atoms with van der Waals surface area (Å²) in [4.78, 5) is 205. The molecule has 0 saturated heterocycles. The highest BCUT2D eigenvalue weighted by Crippen LogP contribution is 2.23. The molecule has 0 radical (unpaired) electrons. The van der Waals surface area contributed by atoms with E-state index in [9.17, 15) is 28.8 Å². The van der Waals surface area contributed by atoms with Crippen LogP contribution >= 0.6 is 0 Å². The number of carbonyl (C=O) groups is 13. The van der Waals surface area contributed by atoms with Crippen molar-refractivity contribution in [3.05, 3.63) is 90.1 Å². The largest absolute Gasteiger partial charge is 0.370 e. The number of amides is 13. The van der Waals surface area contributed by atoms with Gasteiger partial charge >= 0.3 is 0 Å². The molecule has 13 amide bonds. The Morgan fingerprint density at radius 1 is 0.375 bits per heavy atom. The second kappa shape index (κ2) is 61.8. The van der Waals surface area contributed by atoms with E-state index < -0.39 is 149 Å². The highest BCUT2D eigenvalue weighted by Gasteiger charge is 2.39. The Morgan fingerprint density at radius 3 is 1.18 bits per heavy atom. The maximum atomic E-state index is 15.2. The maximum Gasteiger partial charge on any atom is 0.243 e. The van der Waals surface area contributed by atoms with E-state index in [4.69, 9.17) is 40.1 Å². The molecule has 36 nitrogen and oxygen atoms in total. The maximum absolute atomic E-state index is 15.2. The van der Waals surface area contributed by atoms with Crippen molar-refractivity contribution in [1.82, 2.24) is 78.8 Å². The van der Waals surface area contributed by atoms with Crippen molar-refractivity contribution in [2.24, 2.45) is 68.8 Å². The van der Waals surface area contributed by atoms with Gasteiger partial charge in [-0.25, -0.2) is 4.98 Å². The molecule has 2 aromatic heterocycles. The van der Waals surface area contributed by atoms with Gasteiger partial charge in [-0.3, -0.25) is 67.3 Å². The van der Waals surface area contributed by atoms with Crippen LogP contribution in [0.25, 0.3) is 10.9 Å². The molecule has 128 heavy (non-hydrogen) atoms. The lowest BCUT2D eigenvalue weighted by Gasteiger charge is -2.30. The van der Waals surface area contributed by atoms with Crippen LogP contribution in [0.15, 0.2) is 78.3 Å². The number of aromatic nitrogens is 3. The Hall–Kier alpha value is -10.6. The Labute approximate surface area is 756 Å². The topological polar surface area (TPSA) is 605 Å². The first-order chi connectivity index (χ1) is 61.3. The molecule has 14 atom stereocenters. The average Bonchev–Trinajstić information content (AvgIpc) is 1.72. The predicted molar refractivity (Wildman–Crippen MR) is 498 cm³/mol. The molecule has 0 saturated carbocycles. The third kappa shape index (κ3) is 41.7. The van der Waals surface area contributed by atoms with Crippen molar-refractivity contribution in [2.45, 2.75) is 334 Å². The van der Waals surface area contributed by atoms with E-state index in [0.29, 0.717) is 94.0 Å². The zero-order chi connectivity index (χ0) is 94.5. The van der Waals surface area contributed by atoms with Gasteiger partial charge in [-0.1, -0.05) is 175 Å². The minimum Gasteiger partial charge on any atom is -0.370 e. The second-order valence-corrected chi connectivity index (χ2v) is 34.8. The summed E-state index contributed by atoms with van der Waals surface area (Å²) < 4.78 is 0. The Balaban J connectivity index is 1.70. The number of aromatic amines is 2. The number of nitrogens with zero attached hydrogens (tertiary/aromatic N) is 2. The summed E-state index contributed by atoms with van der Waals surface area (Å²) in [6, 6.07) is 0.606. The molecular weight excluding hydrogens is 1640 g/mol. The van der Waals surface area contributed by atoms with Gasteiger partial charge in [0.2, 0.25) is 76.8 Å². The average molecular weight is 1790 g/mol. The number of unbranched alkanes of at least 4 members (excludes halogenated alkanes) is 12. The fourth-order valence-corrected chi connectivity index (χ4v) is 15.1. The molecule has 4 aromatic rings. The van der Waals surface area contributed by atoms with Crippen LogP contribution in [0.4, 0.5) is 0 Å². The summed E-state index contributed by atoms with van der Waals surface area (Å²) in [5.74, 6) is -10.9. The van der Waals surface area contributed by atoms with Crippen LogP contribution in [-0.4, -0.2) is 203 Å². The van der Waals surface area contributed by atoms with Gasteiger partial charge in [0.25, 0.3) is 0 Å². The number of fused-ring (bicyclic) bond motifs is 1. The SMILES string of the molecule is CCCCCCCCCCCC(=O)N[C@@H](CCCCN)C(=O)N[C@@H](CC(C)C)C(=O)N[C@@H](Cc1ccccc1)C(=O)N[C@@H](CCCCN)C(=O)N[C@@H](CCCN=C(N)N)C(=O)N[C@@H](Cc1cnc[nH]1)C(=O)N[C@@H](CC(C)C)C(=O)N[C@@H](CCCCN)C(=O)N[C@@H](Cc1c[nH]c2ccccc12)C(=O)N[C@@H](CCCCN)C(=O)N[C@H](C(=O)N[C@H](C(N)=O)[C@@H](C)CC)[C@@H](C)CC. The number of para-hydroxylation sites is 1. The van der Waals surface area contributed by atoms with E-state index >= 15 is 33.6 Å². The molecule has 0 unspecified atom stereocenters. The highest BCUT2D eigenvalue weighted by atomic mass is 16.2. The number of hydrogen-bond acceptors (Lipinski definition) is 19. The van der Waals surface area contributed by atoms with E-state index in [-0.39, 0.29) is 133 Å². The summed E-state index contributed by atoms with van der Waals surface area (Å²) in [6.45, 7) is 17.8. The molecule has 0 bridgehead atoms. The number of primary amides is 1. The van der Waals surface area contributed by atoms with Crippen LogP contribution in [0.3, 0.4) is 0 Å². The van der Waals surface area contributed by atoms with Crippen molar-refractivity contribution in [2.75, 3.05) is 32.7 Å². The fourth-order valence-electron chi connectivity index (χ4n) is 15.1. The third-order valence-electron chi connectivity index (χ3n) is 23.0. The zero-order valence-electron chi connectivity index (χ0n) is 77.4. The van der Waals surface area contributed by atoms with E-state index in [1.54, 1.807) is 50.4 Å². The van der Waals surface area contributed by atoms with Crippen molar-refractivity contribution in [3.8, 4) is 0 Å². The first kappa shape index (κ1) is 110. The fraction of sp³-hybridized carbons (Fsp3) is 0.663. The Morgan fingerprint density at radius 2 is 0.750 bits per heavy atom. The van der Waals surface area contributed by atoms with Gasteiger partial charge in [-0.15, -0.1) is 0 Å². The second-order valence-electron chi connectivity index (χ2n) is 34.8. The van der Waals surface area contributed by atoms with Crippen molar-refractivity contribution >= 4 is 93.7 Å². The molecule has 2 aromatic carbocycles. The molecule has 0 fully saturated rings.